The zero-order valence-electron chi connectivity index (χ0n) is 32.4. The van der Waals surface area contributed by atoms with E-state index in [1.807, 2.05) is 0 Å². The molecule has 3 aliphatic carbocycles. The summed E-state index contributed by atoms with van der Waals surface area (Å²) in [6, 6.07) is 8.21. The Hall–Kier alpha value is -5.09. The number of carbonyl (C=O) groups excluding carboxylic acids is 4. The maximum Gasteiger partial charge on any atom is 0.408 e. The molecule has 4 aromatic rings. The van der Waals surface area contributed by atoms with Crippen molar-refractivity contribution in [2.75, 3.05) is 13.7 Å². The molecule has 0 spiro atoms. The van der Waals surface area contributed by atoms with Crippen molar-refractivity contribution >= 4 is 78.4 Å². The summed E-state index contributed by atoms with van der Waals surface area (Å²) < 4.78 is 52.0. The normalized spacial score (nSPS) is 23.9. The van der Waals surface area contributed by atoms with E-state index in [1.165, 1.54) is 11.0 Å². The summed E-state index contributed by atoms with van der Waals surface area (Å²) in [5.74, 6) is -2.17. The highest BCUT2D eigenvalue weighted by molar-refractivity contribution is 7.91. The molecule has 58 heavy (non-hydrogen) atoms. The van der Waals surface area contributed by atoms with Crippen LogP contribution in [0.2, 0.25) is 5.02 Å². The van der Waals surface area contributed by atoms with E-state index in [-0.39, 0.29) is 25.5 Å². The first-order chi connectivity index (χ1) is 27.7. The lowest BCUT2D eigenvalue weighted by atomic mass is 10.0. The molecule has 1 aliphatic heterocycles. The summed E-state index contributed by atoms with van der Waals surface area (Å²) in [5, 5.41) is 6.61. The van der Waals surface area contributed by atoms with E-state index >= 15 is 0 Å². The minimum atomic E-state index is -3.93. The number of pyridine rings is 1. The second-order valence-electron chi connectivity index (χ2n) is 16.1. The molecule has 2 aromatic carbocycles. The number of alkyl carbamates (subject to hydrolysis) is 1. The highest BCUT2D eigenvalue weighted by atomic mass is 35.5. The third-order valence-corrected chi connectivity index (χ3v) is 13.7. The Morgan fingerprint density at radius 2 is 1.81 bits per heavy atom. The van der Waals surface area contributed by atoms with Crippen molar-refractivity contribution in [1.82, 2.24) is 25.2 Å². The number of benzene rings is 2. The van der Waals surface area contributed by atoms with Gasteiger partial charge in [-0.15, -0.1) is 6.58 Å². The SMILES string of the molecule is C=C[C@@H]1CC1(NC(=O)[C@@H]1C[C@@H](Oc2c3ccc(OC)cc3nc3c2oc2ccc(Cl)cc23)CN1C(=O)[C@@H](NC(=O)OC1CCCC1)C(C)C)C(=O)NS(=O)(=O)C1CC1. The third-order valence-electron chi connectivity index (χ3n) is 11.7. The van der Waals surface area contributed by atoms with Crippen molar-refractivity contribution in [2.45, 2.75) is 100 Å². The number of nitrogens with zero attached hydrogens (tertiary/aromatic N) is 2. The summed E-state index contributed by atoms with van der Waals surface area (Å²) >= 11 is 6.38. The number of fused-ring (bicyclic) bond motifs is 4. The molecule has 0 bridgehead atoms. The summed E-state index contributed by atoms with van der Waals surface area (Å²) in [5.41, 5.74) is 0.279. The fourth-order valence-corrected chi connectivity index (χ4v) is 9.71. The molecule has 17 heteroatoms. The maximum absolute atomic E-state index is 14.6. The summed E-state index contributed by atoms with van der Waals surface area (Å²) in [4.78, 5) is 62.0. The van der Waals surface area contributed by atoms with Gasteiger partial charge in [-0.2, -0.15) is 0 Å². The average Bonchev–Trinajstić information content (AvgIpc) is 4.02. The van der Waals surface area contributed by atoms with Crippen LogP contribution in [0, 0.1) is 11.8 Å². The van der Waals surface area contributed by atoms with E-state index in [4.69, 9.17) is 35.2 Å². The number of aromatic nitrogens is 1. The number of sulfonamides is 1. The lowest BCUT2D eigenvalue weighted by molar-refractivity contribution is -0.141. The zero-order valence-corrected chi connectivity index (χ0v) is 34.0. The molecule has 3 heterocycles. The van der Waals surface area contributed by atoms with Gasteiger partial charge in [0.2, 0.25) is 21.8 Å². The van der Waals surface area contributed by atoms with Crippen molar-refractivity contribution in [3.8, 4) is 11.5 Å². The Kier molecular flexibility index (Phi) is 10.4. The van der Waals surface area contributed by atoms with Gasteiger partial charge >= 0.3 is 6.09 Å². The number of carbonyl (C=O) groups is 4. The van der Waals surface area contributed by atoms with Crippen LogP contribution in [0.1, 0.15) is 65.2 Å². The third kappa shape index (κ3) is 7.51. The molecule has 3 N–H and O–H groups in total. The highest BCUT2D eigenvalue weighted by Gasteiger charge is 2.62. The molecule has 4 fully saturated rings. The topological polar surface area (TPSA) is 195 Å². The van der Waals surface area contributed by atoms with Crippen LogP contribution in [0.25, 0.3) is 33.0 Å². The van der Waals surface area contributed by atoms with Crippen molar-refractivity contribution < 1.29 is 46.2 Å². The molecule has 0 radical (unpaired) electrons. The van der Waals surface area contributed by atoms with Crippen LogP contribution in [0.5, 0.6) is 11.5 Å². The van der Waals surface area contributed by atoms with Gasteiger partial charge in [0.05, 0.1) is 24.4 Å². The second kappa shape index (κ2) is 15.3. The molecular formula is C41H46ClN5O10S. The molecule has 8 rings (SSSR count). The summed E-state index contributed by atoms with van der Waals surface area (Å²) in [6.07, 6.45) is 4.09. The van der Waals surface area contributed by atoms with Crippen molar-refractivity contribution in [3.63, 3.8) is 0 Å². The van der Waals surface area contributed by atoms with Crippen LogP contribution in [0.3, 0.4) is 0 Å². The molecule has 4 aliphatic rings. The first-order valence-corrected chi connectivity index (χ1v) is 21.6. The van der Waals surface area contributed by atoms with Crippen LogP contribution in [0.4, 0.5) is 4.79 Å². The molecule has 3 saturated carbocycles. The standard InChI is InChI=1S/C41H46ClN5O10S/c1-5-22-19-41(22,39(50)46-58(52,53)27-12-13-27)45-37(48)31-18-26(20-47(31)38(49)33(21(2)3)44-40(51)56-24-8-6-7-9-24)55-35-28-14-11-25(54-4)17-30(28)43-34-29-16-23(42)10-15-32(29)57-36(34)35/h5,10-11,14-17,21-22,24,26-27,31,33H,1,6-9,12-13,18-20H2,2-4H3,(H,44,51)(H,45,48)(H,46,50)/t22-,26-,31+,33+,41?/m1/s1. The van der Waals surface area contributed by atoms with Gasteiger partial charge in [0.1, 0.15) is 46.7 Å². The predicted octanol–water partition coefficient (Wildman–Crippen LogP) is 5.51. The van der Waals surface area contributed by atoms with Gasteiger partial charge < -0.3 is 34.2 Å². The number of amides is 4. The van der Waals surface area contributed by atoms with Crippen LogP contribution < -0.4 is 24.8 Å². The first kappa shape index (κ1) is 39.7. The summed E-state index contributed by atoms with van der Waals surface area (Å²) in [7, 11) is -2.38. The van der Waals surface area contributed by atoms with Gasteiger partial charge in [0.15, 0.2) is 11.3 Å². The number of rotatable bonds is 13. The number of furan rings is 1. The fourth-order valence-electron chi connectivity index (χ4n) is 8.18. The minimum absolute atomic E-state index is 0.0285. The van der Waals surface area contributed by atoms with Gasteiger partial charge in [-0.1, -0.05) is 31.5 Å². The number of halogens is 1. The number of ether oxygens (including phenoxy) is 3. The molecule has 2 aromatic heterocycles. The Labute approximate surface area is 340 Å². The molecule has 4 amide bonds. The van der Waals surface area contributed by atoms with Crippen molar-refractivity contribution in [3.05, 3.63) is 54.1 Å². The van der Waals surface area contributed by atoms with Crippen molar-refractivity contribution in [1.29, 1.82) is 0 Å². The predicted molar refractivity (Wildman–Crippen MR) is 215 cm³/mol. The van der Waals surface area contributed by atoms with Crippen LogP contribution in [0.15, 0.2) is 53.5 Å². The Morgan fingerprint density at radius 3 is 2.48 bits per heavy atom. The molecule has 15 nitrogen and oxygen atoms in total. The van der Waals surface area contributed by atoms with Gasteiger partial charge in [0, 0.05) is 34.2 Å². The van der Waals surface area contributed by atoms with Crippen molar-refractivity contribution in [2.24, 2.45) is 11.8 Å². The minimum Gasteiger partial charge on any atom is -0.497 e. The van der Waals surface area contributed by atoms with Crippen LogP contribution >= 0.6 is 11.6 Å². The smallest absolute Gasteiger partial charge is 0.408 e. The first-order valence-electron chi connectivity index (χ1n) is 19.7. The molecule has 1 unspecified atom stereocenters. The molecule has 5 atom stereocenters. The number of methoxy groups -OCH3 is 1. The lowest BCUT2D eigenvalue weighted by Crippen LogP contribution is -2.59. The fraction of sp³-hybridized carbons (Fsp3) is 0.488. The Balaban J connectivity index is 1.13. The van der Waals surface area contributed by atoms with Crippen LogP contribution in [-0.4, -0.2) is 90.9 Å². The van der Waals surface area contributed by atoms with E-state index in [1.54, 1.807) is 57.4 Å². The van der Waals surface area contributed by atoms with Gasteiger partial charge in [-0.3, -0.25) is 19.1 Å². The monoisotopic (exact) mass is 835 g/mol. The van der Waals surface area contributed by atoms with E-state index in [2.05, 4.69) is 21.9 Å². The number of nitrogens with one attached hydrogen (secondary N) is 3. The highest BCUT2D eigenvalue weighted by Crippen LogP contribution is 2.46. The average molecular weight is 836 g/mol. The number of hydrogen-bond acceptors (Lipinski definition) is 11. The Bertz CT molecular complexity index is 2450. The van der Waals surface area contributed by atoms with E-state index in [0.29, 0.717) is 62.3 Å². The van der Waals surface area contributed by atoms with Gasteiger partial charge in [0.25, 0.3) is 5.91 Å². The molecular weight excluding hydrogens is 790 g/mol. The zero-order chi connectivity index (χ0) is 41.1. The van der Waals surface area contributed by atoms with Crippen LogP contribution in [-0.2, 0) is 29.1 Å². The molecule has 308 valence electrons. The molecule has 1 saturated heterocycles. The van der Waals surface area contributed by atoms with E-state index in [9.17, 15) is 27.6 Å². The largest absolute Gasteiger partial charge is 0.497 e. The summed E-state index contributed by atoms with van der Waals surface area (Å²) in [6.45, 7) is 7.25. The number of hydrogen-bond donors (Lipinski definition) is 3. The Morgan fingerprint density at radius 1 is 1.05 bits per heavy atom. The quantitative estimate of drug-likeness (QED) is 0.144. The maximum atomic E-state index is 14.6. The number of likely N-dealkylation sites (tertiary alicyclic amines) is 1. The van der Waals surface area contributed by atoms with E-state index in [0.717, 1.165) is 25.7 Å². The lowest BCUT2D eigenvalue weighted by Gasteiger charge is -2.31. The van der Waals surface area contributed by atoms with Gasteiger partial charge in [-0.25, -0.2) is 18.2 Å². The van der Waals surface area contributed by atoms with Gasteiger partial charge in [-0.05, 0) is 81.2 Å². The second-order valence-corrected chi connectivity index (χ2v) is 18.5. The van der Waals surface area contributed by atoms with E-state index < -0.39 is 74.7 Å².